The van der Waals surface area contributed by atoms with Crippen LogP contribution in [0.25, 0.3) is 10.6 Å². The van der Waals surface area contributed by atoms with E-state index in [-0.39, 0.29) is 0 Å². The molecule has 0 aromatic carbocycles. The minimum absolute atomic E-state index is 0.676. The molecule has 2 aromatic rings. The average Bonchev–Trinajstić information content (AvgIpc) is 2.84. The first-order chi connectivity index (χ1) is 7.90. The molecule has 2 aromatic heterocycles. The predicted molar refractivity (Wildman–Crippen MR) is 65.7 cm³/mol. The molecule has 0 amide bonds. The van der Waals surface area contributed by atoms with Gasteiger partial charge in [0.2, 0.25) is 0 Å². The second-order valence-corrected chi connectivity index (χ2v) is 4.08. The van der Waals surface area contributed by atoms with Crippen LogP contribution in [0, 0.1) is 0 Å². The predicted octanol–water partition coefficient (Wildman–Crippen LogP) is 2.26. The first-order valence-electron chi connectivity index (χ1n) is 4.99. The highest BCUT2D eigenvalue weighted by Gasteiger charge is 2.00. The van der Waals surface area contributed by atoms with Crippen molar-refractivity contribution in [3.8, 4) is 10.6 Å². The number of hydrogen-bond donors (Lipinski definition) is 1. The van der Waals surface area contributed by atoms with E-state index in [1.807, 2.05) is 23.7 Å². The van der Waals surface area contributed by atoms with Gasteiger partial charge in [-0.1, -0.05) is 0 Å². The highest BCUT2D eigenvalue weighted by atomic mass is 32.1. The van der Waals surface area contributed by atoms with Gasteiger partial charge in [-0.2, -0.15) is 0 Å². The van der Waals surface area contributed by atoms with Crippen molar-refractivity contribution in [2.45, 2.75) is 0 Å². The SMILES string of the molecule is COCCNc1ccc(-c2nccs2)cn1. The summed E-state index contributed by atoms with van der Waals surface area (Å²) in [4.78, 5) is 8.54. The molecule has 0 saturated carbocycles. The lowest BCUT2D eigenvalue weighted by Crippen LogP contribution is -2.08. The van der Waals surface area contributed by atoms with Gasteiger partial charge < -0.3 is 10.1 Å². The van der Waals surface area contributed by atoms with Crippen LogP contribution in [-0.4, -0.2) is 30.2 Å². The minimum atomic E-state index is 0.676. The molecule has 0 unspecified atom stereocenters. The lowest BCUT2D eigenvalue weighted by molar-refractivity contribution is 0.210. The second kappa shape index (κ2) is 5.58. The van der Waals surface area contributed by atoms with E-state index in [2.05, 4.69) is 15.3 Å². The van der Waals surface area contributed by atoms with Crippen molar-refractivity contribution in [1.29, 1.82) is 0 Å². The van der Waals surface area contributed by atoms with Crippen LogP contribution in [0.2, 0.25) is 0 Å². The zero-order valence-corrected chi connectivity index (χ0v) is 9.83. The van der Waals surface area contributed by atoms with Crippen LogP contribution in [-0.2, 0) is 4.74 Å². The highest BCUT2D eigenvalue weighted by Crippen LogP contribution is 2.21. The van der Waals surface area contributed by atoms with Crippen LogP contribution in [0.1, 0.15) is 0 Å². The largest absolute Gasteiger partial charge is 0.383 e. The van der Waals surface area contributed by atoms with Crippen molar-refractivity contribution in [2.24, 2.45) is 0 Å². The summed E-state index contributed by atoms with van der Waals surface area (Å²) in [6.07, 6.45) is 3.62. The molecule has 0 spiro atoms. The molecule has 4 nitrogen and oxygen atoms in total. The fraction of sp³-hybridized carbons (Fsp3) is 0.273. The molecule has 2 heterocycles. The molecule has 5 heteroatoms. The highest BCUT2D eigenvalue weighted by molar-refractivity contribution is 7.13. The Kier molecular flexibility index (Phi) is 3.85. The third kappa shape index (κ3) is 2.77. The number of anilines is 1. The van der Waals surface area contributed by atoms with Gasteiger partial charge in [-0.05, 0) is 12.1 Å². The maximum atomic E-state index is 4.95. The summed E-state index contributed by atoms with van der Waals surface area (Å²) in [5, 5.41) is 6.12. The van der Waals surface area contributed by atoms with Crippen LogP contribution in [0.3, 0.4) is 0 Å². The Balaban J connectivity index is 2.00. The Morgan fingerprint density at radius 3 is 2.94 bits per heavy atom. The van der Waals surface area contributed by atoms with E-state index in [0.29, 0.717) is 6.61 Å². The van der Waals surface area contributed by atoms with Gasteiger partial charge in [-0.15, -0.1) is 11.3 Å². The number of nitrogens with one attached hydrogen (secondary N) is 1. The zero-order chi connectivity index (χ0) is 11.2. The quantitative estimate of drug-likeness (QED) is 0.807. The summed E-state index contributed by atoms with van der Waals surface area (Å²) in [6.45, 7) is 1.44. The van der Waals surface area contributed by atoms with Crippen molar-refractivity contribution in [3.05, 3.63) is 29.9 Å². The molecule has 0 fully saturated rings. The third-order valence-corrected chi connectivity index (χ3v) is 2.88. The number of pyridine rings is 1. The first-order valence-corrected chi connectivity index (χ1v) is 5.87. The normalized spacial score (nSPS) is 10.3. The fourth-order valence-electron chi connectivity index (χ4n) is 1.27. The number of hydrogen-bond acceptors (Lipinski definition) is 5. The number of nitrogens with zero attached hydrogens (tertiary/aromatic N) is 2. The zero-order valence-electron chi connectivity index (χ0n) is 9.01. The van der Waals surface area contributed by atoms with E-state index in [4.69, 9.17) is 4.74 Å². The van der Waals surface area contributed by atoms with E-state index in [9.17, 15) is 0 Å². The maximum Gasteiger partial charge on any atom is 0.125 e. The third-order valence-electron chi connectivity index (χ3n) is 2.06. The number of rotatable bonds is 5. The Bertz CT molecular complexity index is 413. The molecule has 0 atom stereocenters. The van der Waals surface area contributed by atoms with Crippen LogP contribution in [0.5, 0.6) is 0 Å². The van der Waals surface area contributed by atoms with Crippen LogP contribution < -0.4 is 5.32 Å². The van der Waals surface area contributed by atoms with Gasteiger partial charge in [0.15, 0.2) is 0 Å². The van der Waals surface area contributed by atoms with Gasteiger partial charge in [0.1, 0.15) is 10.8 Å². The van der Waals surface area contributed by atoms with E-state index in [1.165, 1.54) is 0 Å². The van der Waals surface area contributed by atoms with E-state index in [0.717, 1.165) is 22.9 Å². The molecule has 0 aliphatic carbocycles. The summed E-state index contributed by atoms with van der Waals surface area (Å²) in [6, 6.07) is 3.97. The molecule has 0 aliphatic rings. The number of thiazole rings is 1. The van der Waals surface area contributed by atoms with Crippen molar-refractivity contribution in [2.75, 3.05) is 25.6 Å². The lowest BCUT2D eigenvalue weighted by Gasteiger charge is -2.04. The molecule has 84 valence electrons. The molecule has 16 heavy (non-hydrogen) atoms. The fourth-order valence-corrected chi connectivity index (χ4v) is 1.90. The van der Waals surface area contributed by atoms with Gasteiger partial charge in [-0.3, -0.25) is 0 Å². The van der Waals surface area contributed by atoms with E-state index >= 15 is 0 Å². The van der Waals surface area contributed by atoms with E-state index in [1.54, 1.807) is 24.6 Å². The van der Waals surface area contributed by atoms with Gasteiger partial charge in [0.25, 0.3) is 0 Å². The molecule has 2 rings (SSSR count). The standard InChI is InChI=1S/C11H13N3OS/c1-15-6-4-12-10-3-2-9(8-14-10)11-13-5-7-16-11/h2-3,5,7-8H,4,6H2,1H3,(H,12,14). The lowest BCUT2D eigenvalue weighted by atomic mass is 10.3. The average molecular weight is 235 g/mol. The van der Waals surface area contributed by atoms with E-state index < -0.39 is 0 Å². The minimum Gasteiger partial charge on any atom is -0.383 e. The molecule has 0 saturated heterocycles. The van der Waals surface area contributed by atoms with Crippen LogP contribution >= 0.6 is 11.3 Å². The first kappa shape index (κ1) is 11.0. The van der Waals surface area contributed by atoms with Gasteiger partial charge in [0, 0.05) is 37.0 Å². The van der Waals surface area contributed by atoms with Crippen molar-refractivity contribution in [3.63, 3.8) is 0 Å². The summed E-state index contributed by atoms with van der Waals surface area (Å²) in [5.74, 6) is 0.859. The van der Waals surface area contributed by atoms with Crippen molar-refractivity contribution >= 4 is 17.2 Å². The Hall–Kier alpha value is -1.46. The molecular formula is C11H13N3OS. The second-order valence-electron chi connectivity index (χ2n) is 3.19. The van der Waals surface area contributed by atoms with Gasteiger partial charge >= 0.3 is 0 Å². The smallest absolute Gasteiger partial charge is 0.125 e. The summed E-state index contributed by atoms with van der Waals surface area (Å²) >= 11 is 1.61. The number of aromatic nitrogens is 2. The number of methoxy groups -OCH3 is 1. The Labute approximate surface area is 98.3 Å². The Morgan fingerprint density at radius 1 is 1.38 bits per heavy atom. The Morgan fingerprint density at radius 2 is 2.31 bits per heavy atom. The molecular weight excluding hydrogens is 222 g/mol. The molecule has 0 bridgehead atoms. The summed E-state index contributed by atoms with van der Waals surface area (Å²) in [7, 11) is 1.68. The molecule has 0 aliphatic heterocycles. The van der Waals surface area contributed by atoms with Gasteiger partial charge in [0.05, 0.1) is 6.61 Å². The monoisotopic (exact) mass is 235 g/mol. The maximum absolute atomic E-state index is 4.95. The summed E-state index contributed by atoms with van der Waals surface area (Å²) < 4.78 is 4.95. The van der Waals surface area contributed by atoms with Gasteiger partial charge in [-0.25, -0.2) is 9.97 Å². The van der Waals surface area contributed by atoms with Crippen LogP contribution in [0.15, 0.2) is 29.9 Å². The topological polar surface area (TPSA) is 47.0 Å². The molecule has 0 radical (unpaired) electrons. The molecule has 1 N–H and O–H groups in total. The van der Waals surface area contributed by atoms with Crippen molar-refractivity contribution < 1.29 is 4.74 Å². The summed E-state index contributed by atoms with van der Waals surface area (Å²) in [5.41, 5.74) is 1.05. The number of ether oxygens (including phenoxy) is 1. The van der Waals surface area contributed by atoms with Crippen molar-refractivity contribution in [1.82, 2.24) is 9.97 Å². The van der Waals surface area contributed by atoms with Crippen LogP contribution in [0.4, 0.5) is 5.82 Å².